The number of pyridine rings is 2. The second kappa shape index (κ2) is 9.79. The van der Waals surface area contributed by atoms with Gasteiger partial charge >= 0.3 is 0 Å². The lowest BCUT2D eigenvalue weighted by Gasteiger charge is -2.33. The van der Waals surface area contributed by atoms with Crippen molar-refractivity contribution in [1.82, 2.24) is 20.2 Å². The van der Waals surface area contributed by atoms with E-state index in [4.69, 9.17) is 5.41 Å². The minimum Gasteiger partial charge on any atom is -0.393 e. The van der Waals surface area contributed by atoms with Crippen LogP contribution in [0, 0.1) is 12.3 Å². The molecule has 2 aromatic heterocycles. The van der Waals surface area contributed by atoms with Crippen LogP contribution >= 0.6 is 0 Å². The molecule has 8 heteroatoms. The zero-order valence-corrected chi connectivity index (χ0v) is 19.2. The number of nitrogens with zero attached hydrogens (tertiary/aromatic N) is 4. The zero-order valence-electron chi connectivity index (χ0n) is 19.2. The molecular formula is C25H29N7O. The van der Waals surface area contributed by atoms with Gasteiger partial charge in [-0.3, -0.25) is 4.79 Å². The second-order valence-corrected chi connectivity index (χ2v) is 8.26. The monoisotopic (exact) mass is 443 g/mol. The molecule has 1 saturated heterocycles. The molecule has 33 heavy (non-hydrogen) atoms. The highest BCUT2D eigenvalue weighted by Gasteiger charge is 2.17. The van der Waals surface area contributed by atoms with Crippen LogP contribution in [0.15, 0.2) is 48.9 Å². The van der Waals surface area contributed by atoms with Crippen LogP contribution in [-0.2, 0) is 0 Å². The maximum absolute atomic E-state index is 12.9. The summed E-state index contributed by atoms with van der Waals surface area (Å²) < 4.78 is 0. The molecule has 0 atom stereocenters. The molecular weight excluding hydrogens is 414 g/mol. The Hall–Kier alpha value is -3.78. The van der Waals surface area contributed by atoms with E-state index in [1.54, 1.807) is 24.7 Å². The molecule has 1 aliphatic rings. The van der Waals surface area contributed by atoms with Crippen LogP contribution < -0.4 is 15.5 Å². The number of rotatable bonds is 6. The summed E-state index contributed by atoms with van der Waals surface area (Å²) in [4.78, 5) is 26.3. The molecule has 0 unspecified atom stereocenters. The van der Waals surface area contributed by atoms with Gasteiger partial charge < -0.3 is 25.8 Å². The van der Waals surface area contributed by atoms with E-state index in [0.717, 1.165) is 59.5 Å². The molecule has 0 aliphatic carbocycles. The fourth-order valence-electron chi connectivity index (χ4n) is 4.00. The molecule has 3 aromatic rings. The average Bonchev–Trinajstić information content (AvgIpc) is 2.83. The molecule has 4 rings (SSSR count). The van der Waals surface area contributed by atoms with Gasteiger partial charge in [-0.15, -0.1) is 0 Å². The Morgan fingerprint density at radius 3 is 2.61 bits per heavy atom. The molecule has 0 radical (unpaired) electrons. The van der Waals surface area contributed by atoms with E-state index < -0.39 is 0 Å². The smallest absolute Gasteiger partial charge is 0.257 e. The SMILES string of the molecule is CN/C=C(\C=N)c1cc2cc(NC(=O)c3ccnc(N4CCN(C)CC4)c3)ncc2cc1C. The Kier molecular flexibility index (Phi) is 6.65. The van der Waals surface area contributed by atoms with Crippen molar-refractivity contribution in [3.05, 3.63) is 65.6 Å². The summed E-state index contributed by atoms with van der Waals surface area (Å²) >= 11 is 0. The van der Waals surface area contributed by atoms with Crippen LogP contribution in [0.4, 0.5) is 11.6 Å². The third-order valence-corrected chi connectivity index (χ3v) is 5.91. The number of hydrogen-bond donors (Lipinski definition) is 3. The van der Waals surface area contributed by atoms with E-state index in [9.17, 15) is 4.79 Å². The van der Waals surface area contributed by atoms with Crippen molar-refractivity contribution in [3.63, 3.8) is 0 Å². The number of aryl methyl sites for hydroxylation is 1. The molecule has 3 N–H and O–H groups in total. The van der Waals surface area contributed by atoms with Crippen LogP contribution in [0.3, 0.4) is 0 Å². The lowest BCUT2D eigenvalue weighted by Crippen LogP contribution is -2.44. The first-order chi connectivity index (χ1) is 16.0. The minimum atomic E-state index is -0.220. The van der Waals surface area contributed by atoms with Crippen molar-refractivity contribution in [2.45, 2.75) is 6.92 Å². The molecule has 3 heterocycles. The van der Waals surface area contributed by atoms with Gasteiger partial charge in [0.05, 0.1) is 0 Å². The van der Waals surface area contributed by atoms with E-state index in [1.165, 1.54) is 6.21 Å². The number of carbonyl (C=O) groups excluding carboxylic acids is 1. The fourth-order valence-corrected chi connectivity index (χ4v) is 4.00. The summed E-state index contributed by atoms with van der Waals surface area (Å²) in [5, 5.41) is 15.5. The standard InChI is InChI=1S/C25H29N7O/c1-17-10-20-16-29-23(12-19(20)11-22(17)21(14-26)15-27-2)30-25(33)18-4-5-28-24(13-18)32-8-6-31(3)7-9-32/h4-5,10-16,26-27H,6-9H2,1-3H3,(H,29,30,33)/b21-15+,26-14?. The van der Waals surface area contributed by atoms with Gasteiger partial charge in [-0.2, -0.15) is 0 Å². The number of allylic oxidation sites excluding steroid dienone is 1. The fraction of sp³-hybridized carbons (Fsp3) is 0.280. The summed E-state index contributed by atoms with van der Waals surface area (Å²) in [6.07, 6.45) is 6.57. The number of benzene rings is 1. The summed E-state index contributed by atoms with van der Waals surface area (Å²) in [6.45, 7) is 5.75. The zero-order chi connectivity index (χ0) is 23.4. The Morgan fingerprint density at radius 1 is 1.09 bits per heavy atom. The number of hydrogen-bond acceptors (Lipinski definition) is 7. The first-order valence-corrected chi connectivity index (χ1v) is 11.0. The minimum absolute atomic E-state index is 0.220. The van der Waals surface area contributed by atoms with E-state index >= 15 is 0 Å². The average molecular weight is 444 g/mol. The third kappa shape index (κ3) is 5.01. The van der Waals surface area contributed by atoms with Crippen LogP contribution in [0.1, 0.15) is 21.5 Å². The number of nitrogens with one attached hydrogen (secondary N) is 3. The number of piperazine rings is 1. The van der Waals surface area contributed by atoms with Gasteiger partial charge in [0, 0.05) is 74.6 Å². The lowest BCUT2D eigenvalue weighted by molar-refractivity contribution is 0.102. The van der Waals surface area contributed by atoms with Gasteiger partial charge in [-0.1, -0.05) is 0 Å². The normalized spacial score (nSPS) is 14.9. The molecule has 1 aromatic carbocycles. The van der Waals surface area contributed by atoms with Crippen LogP contribution in [0.5, 0.6) is 0 Å². The molecule has 0 saturated carbocycles. The predicted molar refractivity (Wildman–Crippen MR) is 134 cm³/mol. The van der Waals surface area contributed by atoms with E-state index in [-0.39, 0.29) is 5.91 Å². The highest BCUT2D eigenvalue weighted by molar-refractivity contribution is 6.10. The Labute approximate surface area is 193 Å². The highest BCUT2D eigenvalue weighted by atomic mass is 16.1. The van der Waals surface area contributed by atoms with E-state index in [1.807, 2.05) is 38.2 Å². The third-order valence-electron chi connectivity index (χ3n) is 5.91. The largest absolute Gasteiger partial charge is 0.393 e. The molecule has 0 bridgehead atoms. The van der Waals surface area contributed by atoms with Crippen LogP contribution in [0.25, 0.3) is 16.3 Å². The van der Waals surface area contributed by atoms with Gasteiger partial charge in [0.15, 0.2) is 0 Å². The Balaban J connectivity index is 1.57. The topological polar surface area (TPSA) is 97.2 Å². The van der Waals surface area contributed by atoms with Crippen LogP contribution in [-0.4, -0.2) is 67.3 Å². The lowest BCUT2D eigenvalue weighted by atomic mass is 9.98. The summed E-state index contributed by atoms with van der Waals surface area (Å²) in [5.74, 6) is 1.08. The number of likely N-dealkylation sites (N-methyl/N-ethyl adjacent to an activating group) is 1. The second-order valence-electron chi connectivity index (χ2n) is 8.26. The quantitative estimate of drug-likeness (QED) is 0.507. The first-order valence-electron chi connectivity index (χ1n) is 11.0. The Morgan fingerprint density at radius 2 is 1.88 bits per heavy atom. The highest BCUT2D eigenvalue weighted by Crippen LogP contribution is 2.26. The van der Waals surface area contributed by atoms with Crippen molar-refractivity contribution in [2.75, 3.05) is 50.5 Å². The van der Waals surface area contributed by atoms with Gasteiger partial charge in [0.2, 0.25) is 0 Å². The maximum Gasteiger partial charge on any atom is 0.257 e. The van der Waals surface area contributed by atoms with Crippen LogP contribution in [0.2, 0.25) is 0 Å². The number of carbonyl (C=O) groups is 1. The van der Waals surface area contributed by atoms with E-state index in [0.29, 0.717) is 11.4 Å². The maximum atomic E-state index is 12.9. The number of anilines is 2. The van der Waals surface area contributed by atoms with E-state index in [2.05, 4.69) is 37.4 Å². The van der Waals surface area contributed by atoms with Crippen molar-refractivity contribution in [1.29, 1.82) is 5.41 Å². The molecule has 1 fully saturated rings. The summed E-state index contributed by atoms with van der Waals surface area (Å²) in [6, 6.07) is 9.48. The van der Waals surface area contributed by atoms with Crippen molar-refractivity contribution >= 4 is 40.1 Å². The molecule has 0 spiro atoms. The van der Waals surface area contributed by atoms with Gasteiger partial charge in [0.1, 0.15) is 11.6 Å². The number of fused-ring (bicyclic) bond motifs is 1. The molecule has 1 aliphatic heterocycles. The number of aromatic nitrogens is 2. The molecule has 170 valence electrons. The summed E-state index contributed by atoms with van der Waals surface area (Å²) in [5.41, 5.74) is 3.35. The summed E-state index contributed by atoms with van der Waals surface area (Å²) in [7, 11) is 3.92. The number of amides is 1. The van der Waals surface area contributed by atoms with Crippen molar-refractivity contribution < 1.29 is 4.79 Å². The van der Waals surface area contributed by atoms with Gasteiger partial charge in [-0.25, -0.2) is 9.97 Å². The van der Waals surface area contributed by atoms with Crippen molar-refractivity contribution in [3.8, 4) is 0 Å². The van der Waals surface area contributed by atoms with Gasteiger partial charge in [-0.05, 0) is 60.8 Å². The molecule has 8 nitrogen and oxygen atoms in total. The van der Waals surface area contributed by atoms with Crippen molar-refractivity contribution in [2.24, 2.45) is 0 Å². The molecule has 1 amide bonds. The van der Waals surface area contributed by atoms with Gasteiger partial charge in [0.25, 0.3) is 5.91 Å². The first kappa shape index (κ1) is 22.4. The Bertz CT molecular complexity index is 1210. The predicted octanol–water partition coefficient (Wildman–Crippen LogP) is 3.15.